The van der Waals surface area contributed by atoms with E-state index in [0.717, 1.165) is 31.6 Å². The minimum atomic E-state index is 0.113. The summed E-state index contributed by atoms with van der Waals surface area (Å²) in [6.45, 7) is 11.1. The third kappa shape index (κ3) is 8.44. The molecular weight excluding hydrogens is 226 g/mol. The Kier molecular flexibility index (Phi) is 8.45. The quantitative estimate of drug-likeness (QED) is 0.614. The number of nitrogens with zero attached hydrogens (tertiary/aromatic N) is 1. The van der Waals surface area contributed by atoms with Crippen molar-refractivity contribution < 1.29 is 4.79 Å². The lowest BCUT2D eigenvalue weighted by Crippen LogP contribution is -2.25. The zero-order valence-corrected chi connectivity index (χ0v) is 11.5. The summed E-state index contributed by atoms with van der Waals surface area (Å²) in [6, 6.07) is 0. The van der Waals surface area contributed by atoms with Crippen LogP contribution in [0.2, 0.25) is 0 Å². The third-order valence-corrected chi connectivity index (χ3v) is 2.45. The van der Waals surface area contributed by atoms with Crippen LogP contribution in [0.3, 0.4) is 0 Å². The molecule has 0 aromatic heterocycles. The van der Waals surface area contributed by atoms with E-state index in [0.29, 0.717) is 12.1 Å². The zero-order valence-electron chi connectivity index (χ0n) is 11.5. The third-order valence-electron chi connectivity index (χ3n) is 2.45. The van der Waals surface area contributed by atoms with Crippen LogP contribution in [0.4, 0.5) is 0 Å². The van der Waals surface area contributed by atoms with E-state index >= 15 is 0 Å². The Morgan fingerprint density at radius 1 is 1.39 bits per heavy atom. The van der Waals surface area contributed by atoms with Crippen LogP contribution in [0.15, 0.2) is 36.7 Å². The molecule has 0 saturated heterocycles. The van der Waals surface area contributed by atoms with Gasteiger partial charge in [-0.05, 0) is 25.0 Å². The van der Waals surface area contributed by atoms with E-state index in [1.807, 2.05) is 24.9 Å². The first-order valence-electron chi connectivity index (χ1n) is 6.26. The summed E-state index contributed by atoms with van der Waals surface area (Å²) >= 11 is 0. The molecule has 18 heavy (non-hydrogen) atoms. The molecule has 0 aromatic rings. The first kappa shape index (κ1) is 16.3. The van der Waals surface area contributed by atoms with Crippen LogP contribution in [0.25, 0.3) is 0 Å². The van der Waals surface area contributed by atoms with Gasteiger partial charge >= 0.3 is 0 Å². The molecule has 0 aromatic carbocycles. The number of amides is 1. The lowest BCUT2D eigenvalue weighted by molar-refractivity contribution is -0.121. The van der Waals surface area contributed by atoms with Gasteiger partial charge in [0.2, 0.25) is 5.91 Å². The van der Waals surface area contributed by atoms with Crippen LogP contribution in [0.5, 0.6) is 0 Å². The molecule has 0 spiro atoms. The predicted molar refractivity (Wildman–Crippen MR) is 76.8 cm³/mol. The topological polar surface area (TPSA) is 58.4 Å². The van der Waals surface area contributed by atoms with Crippen LogP contribution in [-0.4, -0.2) is 30.9 Å². The zero-order chi connectivity index (χ0) is 14.0. The highest BCUT2D eigenvalue weighted by atomic mass is 16.1. The van der Waals surface area contributed by atoms with Gasteiger partial charge in [-0.25, -0.2) is 0 Å². The summed E-state index contributed by atoms with van der Waals surface area (Å²) in [5.74, 6) is 0.113. The molecule has 0 aliphatic carbocycles. The van der Waals surface area contributed by atoms with E-state index in [1.165, 1.54) is 0 Å². The lowest BCUT2D eigenvalue weighted by atomic mass is 10.2. The molecule has 102 valence electrons. The standard InChI is InChI=1S/C14H25N3O/c1-5-10-16-14(18)7-6-11-17(4)13(3)9-8-12(2)15/h8-9H,2-3,5-7,10-11,15H2,1,4H3,(H,16,18)/b9-8-. The molecule has 1 amide bonds. The highest BCUT2D eigenvalue weighted by Gasteiger charge is 2.02. The maximum absolute atomic E-state index is 11.4. The molecule has 4 heteroatoms. The van der Waals surface area contributed by atoms with Gasteiger partial charge in [-0.15, -0.1) is 0 Å². The number of likely N-dealkylation sites (N-methyl/N-ethyl adjacent to an activating group) is 1. The molecule has 0 saturated carbocycles. The van der Waals surface area contributed by atoms with Crippen LogP contribution in [0, 0.1) is 0 Å². The number of carbonyl (C=O) groups is 1. The number of hydrogen-bond acceptors (Lipinski definition) is 3. The Hall–Kier alpha value is -1.71. The maximum Gasteiger partial charge on any atom is 0.220 e. The van der Waals surface area contributed by atoms with Crippen molar-refractivity contribution in [3.63, 3.8) is 0 Å². The molecule has 0 aliphatic rings. The number of nitrogens with one attached hydrogen (secondary N) is 1. The number of nitrogens with two attached hydrogens (primary N) is 1. The van der Waals surface area contributed by atoms with Gasteiger partial charge in [0.05, 0.1) is 0 Å². The Labute approximate surface area is 110 Å². The summed E-state index contributed by atoms with van der Waals surface area (Å²) in [5.41, 5.74) is 6.79. The van der Waals surface area contributed by atoms with Crippen molar-refractivity contribution in [3.05, 3.63) is 36.7 Å². The van der Waals surface area contributed by atoms with Crippen molar-refractivity contribution in [2.45, 2.75) is 26.2 Å². The first-order chi connectivity index (χ1) is 8.47. The van der Waals surface area contributed by atoms with Crippen molar-refractivity contribution in [1.82, 2.24) is 10.2 Å². The second-order valence-electron chi connectivity index (χ2n) is 4.27. The van der Waals surface area contributed by atoms with Crippen molar-refractivity contribution in [1.29, 1.82) is 0 Å². The van der Waals surface area contributed by atoms with E-state index in [4.69, 9.17) is 5.73 Å². The average molecular weight is 251 g/mol. The fourth-order valence-corrected chi connectivity index (χ4v) is 1.30. The van der Waals surface area contributed by atoms with Gasteiger partial charge in [-0.3, -0.25) is 4.79 Å². The molecule has 0 heterocycles. The van der Waals surface area contributed by atoms with Gasteiger partial charge < -0.3 is 16.0 Å². The summed E-state index contributed by atoms with van der Waals surface area (Å²) < 4.78 is 0. The fourth-order valence-electron chi connectivity index (χ4n) is 1.30. The molecule has 0 atom stereocenters. The normalized spacial score (nSPS) is 10.3. The van der Waals surface area contributed by atoms with E-state index < -0.39 is 0 Å². The van der Waals surface area contributed by atoms with Crippen LogP contribution in [0.1, 0.15) is 26.2 Å². The van der Waals surface area contributed by atoms with Gasteiger partial charge in [-0.1, -0.05) is 20.1 Å². The molecule has 0 aliphatic heterocycles. The van der Waals surface area contributed by atoms with E-state index in [1.54, 1.807) is 6.08 Å². The van der Waals surface area contributed by atoms with Crippen molar-refractivity contribution in [3.8, 4) is 0 Å². The SMILES string of the molecule is C=C(N)/C=C\C(=C)N(C)CCCC(=O)NCCC. The van der Waals surface area contributed by atoms with E-state index in [-0.39, 0.29) is 5.91 Å². The number of rotatable bonds is 9. The van der Waals surface area contributed by atoms with Crippen LogP contribution >= 0.6 is 0 Å². The van der Waals surface area contributed by atoms with Gasteiger partial charge in [-0.2, -0.15) is 0 Å². The minimum absolute atomic E-state index is 0.113. The van der Waals surface area contributed by atoms with Crippen molar-refractivity contribution >= 4 is 5.91 Å². The first-order valence-corrected chi connectivity index (χ1v) is 6.26. The summed E-state index contributed by atoms with van der Waals surface area (Å²) in [5, 5.41) is 2.85. The van der Waals surface area contributed by atoms with E-state index in [2.05, 4.69) is 18.5 Å². The Morgan fingerprint density at radius 3 is 2.61 bits per heavy atom. The molecule has 0 unspecified atom stereocenters. The number of carbonyl (C=O) groups excluding carboxylic acids is 1. The second kappa shape index (κ2) is 9.33. The Morgan fingerprint density at radius 2 is 2.06 bits per heavy atom. The molecule has 0 bridgehead atoms. The largest absolute Gasteiger partial charge is 0.399 e. The molecule has 0 fully saturated rings. The minimum Gasteiger partial charge on any atom is -0.399 e. The maximum atomic E-state index is 11.4. The van der Waals surface area contributed by atoms with Crippen LogP contribution < -0.4 is 11.1 Å². The summed E-state index contributed by atoms with van der Waals surface area (Å²) in [4.78, 5) is 13.4. The van der Waals surface area contributed by atoms with E-state index in [9.17, 15) is 4.79 Å². The molecule has 4 nitrogen and oxygen atoms in total. The van der Waals surface area contributed by atoms with Gasteiger partial charge in [0.1, 0.15) is 0 Å². The van der Waals surface area contributed by atoms with Gasteiger partial charge in [0.15, 0.2) is 0 Å². The average Bonchev–Trinajstić information content (AvgIpc) is 2.33. The Bertz CT molecular complexity index is 321. The Balaban J connectivity index is 3.82. The number of hydrogen-bond donors (Lipinski definition) is 2. The van der Waals surface area contributed by atoms with Gasteiger partial charge in [0, 0.05) is 38.0 Å². The molecular formula is C14H25N3O. The fraction of sp³-hybridized carbons (Fsp3) is 0.500. The second-order valence-corrected chi connectivity index (χ2v) is 4.27. The molecule has 0 radical (unpaired) electrons. The lowest BCUT2D eigenvalue weighted by Gasteiger charge is -2.19. The smallest absolute Gasteiger partial charge is 0.220 e. The highest BCUT2D eigenvalue weighted by molar-refractivity contribution is 5.75. The molecule has 3 N–H and O–H groups in total. The summed E-state index contributed by atoms with van der Waals surface area (Å²) in [6.07, 6.45) is 5.86. The predicted octanol–water partition coefficient (Wildman–Crippen LogP) is 1.77. The monoisotopic (exact) mass is 251 g/mol. The van der Waals surface area contributed by atoms with Crippen molar-refractivity contribution in [2.24, 2.45) is 5.73 Å². The summed E-state index contributed by atoms with van der Waals surface area (Å²) in [7, 11) is 1.94. The highest BCUT2D eigenvalue weighted by Crippen LogP contribution is 2.03. The molecule has 0 rings (SSSR count). The number of allylic oxidation sites excluding steroid dienone is 2. The van der Waals surface area contributed by atoms with Crippen LogP contribution in [-0.2, 0) is 4.79 Å². The van der Waals surface area contributed by atoms with Crippen molar-refractivity contribution in [2.75, 3.05) is 20.1 Å². The van der Waals surface area contributed by atoms with Gasteiger partial charge in [0.25, 0.3) is 0 Å².